The minimum atomic E-state index is 0.938. The van der Waals surface area contributed by atoms with Gasteiger partial charge >= 0.3 is 0 Å². The molecule has 0 fully saturated rings. The topological polar surface area (TPSA) is 9.23 Å². The molecule has 0 radical (unpaired) electrons. The molecule has 0 aromatic heterocycles. The van der Waals surface area contributed by atoms with Crippen LogP contribution in [0.25, 0.3) is 6.08 Å². The van der Waals surface area contributed by atoms with Crippen LogP contribution < -0.4 is 4.74 Å². The third-order valence-corrected chi connectivity index (χ3v) is 2.08. The predicted octanol–water partition coefficient (Wildman–Crippen LogP) is 3.30. The van der Waals surface area contributed by atoms with E-state index >= 15 is 0 Å². The highest BCUT2D eigenvalue weighted by atomic mass is 16.5. The summed E-state index contributed by atoms with van der Waals surface area (Å²) in [6.45, 7) is 4.13. The van der Waals surface area contributed by atoms with E-state index in [1.54, 1.807) is 6.26 Å². The molecule has 1 aromatic carbocycles. The average Bonchev–Trinajstić information content (AvgIpc) is 2.25. The van der Waals surface area contributed by atoms with Gasteiger partial charge in [-0.1, -0.05) is 12.1 Å². The largest absolute Gasteiger partial charge is 0.464 e. The van der Waals surface area contributed by atoms with E-state index in [9.17, 15) is 0 Å². The third kappa shape index (κ3) is 1.64. The lowest BCUT2D eigenvalue weighted by molar-refractivity contribution is 0.480. The number of hydrogen-bond acceptors (Lipinski definition) is 1. The number of benzene rings is 1. The van der Waals surface area contributed by atoms with Gasteiger partial charge in [-0.05, 0) is 43.2 Å². The first kappa shape index (κ1) is 8.11. The summed E-state index contributed by atoms with van der Waals surface area (Å²) in [6.07, 6.45) is 5.82. The number of allylic oxidation sites excluding steroid dienone is 2. The van der Waals surface area contributed by atoms with Gasteiger partial charge in [-0.15, -0.1) is 0 Å². The van der Waals surface area contributed by atoms with Gasteiger partial charge in [-0.3, -0.25) is 0 Å². The Bertz CT molecular complexity index is 386. The second-order valence-corrected chi connectivity index (χ2v) is 3.35. The molecule has 0 saturated carbocycles. The summed E-state index contributed by atoms with van der Waals surface area (Å²) >= 11 is 0. The summed E-state index contributed by atoms with van der Waals surface area (Å²) in [5.41, 5.74) is 3.58. The Morgan fingerprint density at radius 1 is 1.15 bits per heavy atom. The highest BCUT2D eigenvalue weighted by Gasteiger charge is 2.03. The summed E-state index contributed by atoms with van der Waals surface area (Å²) in [4.78, 5) is 0. The highest BCUT2D eigenvalue weighted by molar-refractivity contribution is 5.63. The van der Waals surface area contributed by atoms with Crippen molar-refractivity contribution in [1.82, 2.24) is 0 Å². The quantitative estimate of drug-likeness (QED) is 0.583. The van der Waals surface area contributed by atoms with Gasteiger partial charge in [-0.25, -0.2) is 0 Å². The van der Waals surface area contributed by atoms with Crippen LogP contribution >= 0.6 is 0 Å². The van der Waals surface area contributed by atoms with E-state index in [0.717, 1.165) is 11.3 Å². The van der Waals surface area contributed by atoms with Crippen LogP contribution in [0.15, 0.2) is 36.1 Å². The molecule has 0 saturated heterocycles. The smallest absolute Gasteiger partial charge is 0.134 e. The number of fused-ring (bicyclic) bond motifs is 1. The first-order valence-electron chi connectivity index (χ1n) is 4.38. The van der Waals surface area contributed by atoms with E-state index in [0.29, 0.717) is 0 Å². The molecule has 2 rings (SSSR count). The van der Waals surface area contributed by atoms with Gasteiger partial charge in [0.05, 0.1) is 6.26 Å². The Morgan fingerprint density at radius 2 is 2.00 bits per heavy atom. The summed E-state index contributed by atoms with van der Waals surface area (Å²) in [5, 5.41) is 0. The van der Waals surface area contributed by atoms with Gasteiger partial charge in [-0.2, -0.15) is 0 Å². The van der Waals surface area contributed by atoms with Gasteiger partial charge < -0.3 is 4.74 Å². The fourth-order valence-corrected chi connectivity index (χ4v) is 1.37. The molecule has 66 valence electrons. The van der Waals surface area contributed by atoms with E-state index in [4.69, 9.17) is 4.74 Å². The predicted molar refractivity (Wildman–Crippen MR) is 54.6 cm³/mol. The van der Waals surface area contributed by atoms with E-state index in [2.05, 4.69) is 38.1 Å². The number of rotatable bonds is 0. The standard InChI is InChI=1S/C12H12O/c1-9-3-4-11-7-10(2)5-6-13-12(11)8-9/h3-8H,1-2H3. The molecule has 1 heterocycles. The van der Waals surface area contributed by atoms with Crippen LogP contribution in [0.5, 0.6) is 5.75 Å². The van der Waals surface area contributed by atoms with Crippen molar-refractivity contribution in [2.24, 2.45) is 0 Å². The Labute approximate surface area is 78.3 Å². The van der Waals surface area contributed by atoms with Gasteiger partial charge in [0, 0.05) is 5.56 Å². The van der Waals surface area contributed by atoms with Crippen molar-refractivity contribution >= 4 is 6.08 Å². The lowest BCUT2D eigenvalue weighted by atomic mass is 10.1. The Hall–Kier alpha value is -1.50. The Balaban J connectivity index is 2.55. The van der Waals surface area contributed by atoms with Crippen LogP contribution in [0.2, 0.25) is 0 Å². The minimum absolute atomic E-state index is 0.938. The molecule has 0 N–H and O–H groups in total. The first-order chi connectivity index (χ1) is 6.25. The number of aryl methyl sites for hydroxylation is 1. The molecule has 0 spiro atoms. The van der Waals surface area contributed by atoms with E-state index in [-0.39, 0.29) is 0 Å². The normalized spacial score (nSPS) is 14.2. The lowest BCUT2D eigenvalue weighted by Crippen LogP contribution is -1.85. The molecule has 0 unspecified atom stereocenters. The zero-order valence-corrected chi connectivity index (χ0v) is 7.87. The maximum absolute atomic E-state index is 5.47. The van der Waals surface area contributed by atoms with E-state index < -0.39 is 0 Å². The highest BCUT2D eigenvalue weighted by Crippen LogP contribution is 2.25. The fourth-order valence-electron chi connectivity index (χ4n) is 1.37. The lowest BCUT2D eigenvalue weighted by Gasteiger charge is -2.04. The van der Waals surface area contributed by atoms with Gasteiger partial charge in [0.25, 0.3) is 0 Å². The van der Waals surface area contributed by atoms with E-state index in [1.807, 2.05) is 6.08 Å². The van der Waals surface area contributed by atoms with Crippen molar-refractivity contribution in [3.8, 4) is 5.75 Å². The van der Waals surface area contributed by atoms with Crippen molar-refractivity contribution < 1.29 is 4.74 Å². The molecule has 0 atom stereocenters. The fraction of sp³-hybridized carbons (Fsp3) is 0.167. The van der Waals surface area contributed by atoms with Crippen LogP contribution in [-0.4, -0.2) is 0 Å². The molecule has 0 bridgehead atoms. The zero-order chi connectivity index (χ0) is 9.26. The molecule has 1 aromatic rings. The second kappa shape index (κ2) is 3.09. The molecular weight excluding hydrogens is 160 g/mol. The maximum atomic E-state index is 5.47. The third-order valence-electron chi connectivity index (χ3n) is 2.08. The van der Waals surface area contributed by atoms with Crippen molar-refractivity contribution in [3.63, 3.8) is 0 Å². The van der Waals surface area contributed by atoms with Crippen molar-refractivity contribution in [3.05, 3.63) is 47.2 Å². The van der Waals surface area contributed by atoms with E-state index in [1.165, 1.54) is 11.1 Å². The Morgan fingerprint density at radius 3 is 2.85 bits per heavy atom. The average molecular weight is 172 g/mol. The summed E-state index contributed by atoms with van der Waals surface area (Å²) in [7, 11) is 0. The summed E-state index contributed by atoms with van der Waals surface area (Å²) in [5.74, 6) is 0.938. The molecule has 1 nitrogen and oxygen atoms in total. The molecule has 13 heavy (non-hydrogen) atoms. The van der Waals surface area contributed by atoms with Gasteiger partial charge in [0.1, 0.15) is 5.75 Å². The van der Waals surface area contributed by atoms with Crippen LogP contribution in [0.1, 0.15) is 18.1 Å². The van der Waals surface area contributed by atoms with Crippen molar-refractivity contribution in [2.45, 2.75) is 13.8 Å². The van der Waals surface area contributed by atoms with Crippen LogP contribution in [0.4, 0.5) is 0 Å². The zero-order valence-electron chi connectivity index (χ0n) is 7.87. The first-order valence-corrected chi connectivity index (χ1v) is 4.38. The van der Waals surface area contributed by atoms with Crippen LogP contribution in [0, 0.1) is 6.92 Å². The van der Waals surface area contributed by atoms with Crippen LogP contribution in [-0.2, 0) is 0 Å². The molecule has 1 aliphatic rings. The summed E-state index contributed by atoms with van der Waals surface area (Å²) < 4.78 is 5.47. The van der Waals surface area contributed by atoms with Crippen molar-refractivity contribution in [2.75, 3.05) is 0 Å². The number of ether oxygens (including phenoxy) is 1. The molecule has 0 aliphatic carbocycles. The van der Waals surface area contributed by atoms with Gasteiger partial charge in [0.2, 0.25) is 0 Å². The SMILES string of the molecule is CC1=Cc2ccc(C)cc2OC=C1. The van der Waals surface area contributed by atoms with Crippen molar-refractivity contribution in [1.29, 1.82) is 0 Å². The number of hydrogen-bond donors (Lipinski definition) is 0. The molecular formula is C12H12O. The van der Waals surface area contributed by atoms with Gasteiger partial charge in [0.15, 0.2) is 0 Å². The minimum Gasteiger partial charge on any atom is -0.464 e. The maximum Gasteiger partial charge on any atom is 0.134 e. The Kier molecular flexibility index (Phi) is 1.93. The monoisotopic (exact) mass is 172 g/mol. The molecule has 1 aliphatic heterocycles. The molecule has 1 heteroatoms. The molecule has 0 amide bonds. The second-order valence-electron chi connectivity index (χ2n) is 3.35. The van der Waals surface area contributed by atoms with Crippen LogP contribution in [0.3, 0.4) is 0 Å². The summed E-state index contributed by atoms with van der Waals surface area (Å²) in [6, 6.07) is 6.23.